The summed E-state index contributed by atoms with van der Waals surface area (Å²) in [5.74, 6) is 0. The molecule has 0 aliphatic carbocycles. The van der Waals surface area contributed by atoms with E-state index < -0.39 is 5.67 Å². The Morgan fingerprint density at radius 2 is 1.40 bits per heavy atom. The highest BCUT2D eigenvalue weighted by atomic mass is 19.1. The molecule has 3 heteroatoms. The van der Waals surface area contributed by atoms with Crippen LogP contribution in [0.15, 0.2) is 0 Å². The van der Waals surface area contributed by atoms with E-state index in [-0.39, 0.29) is 5.54 Å². The van der Waals surface area contributed by atoms with Crippen molar-refractivity contribution in [3.8, 4) is 0 Å². The Morgan fingerprint density at radius 1 is 0.933 bits per heavy atom. The molecule has 0 amide bonds. The zero-order valence-electron chi connectivity index (χ0n) is 10.8. The summed E-state index contributed by atoms with van der Waals surface area (Å²) in [7, 11) is 0. The van der Waals surface area contributed by atoms with E-state index in [9.17, 15) is 4.39 Å². The number of halogens is 1. The Bertz CT molecular complexity index is 195. The van der Waals surface area contributed by atoms with E-state index in [4.69, 9.17) is 0 Å². The summed E-state index contributed by atoms with van der Waals surface area (Å²) < 4.78 is 13.4. The Morgan fingerprint density at radius 3 is 1.73 bits per heavy atom. The maximum atomic E-state index is 13.4. The van der Waals surface area contributed by atoms with Crippen molar-refractivity contribution in [2.45, 2.75) is 45.8 Å². The van der Waals surface area contributed by atoms with Crippen LogP contribution in [-0.4, -0.2) is 53.7 Å². The lowest BCUT2D eigenvalue weighted by molar-refractivity contribution is 0.0366. The molecule has 1 rings (SSSR count). The molecule has 15 heavy (non-hydrogen) atoms. The number of hydrogen-bond acceptors (Lipinski definition) is 2. The summed E-state index contributed by atoms with van der Waals surface area (Å²) in [5.41, 5.74) is -0.818. The van der Waals surface area contributed by atoms with Crippen LogP contribution < -0.4 is 0 Å². The lowest BCUT2D eigenvalue weighted by Crippen LogP contribution is -2.54. The summed E-state index contributed by atoms with van der Waals surface area (Å²) in [4.78, 5) is 4.69. The number of piperazine rings is 1. The Kier molecular flexibility index (Phi) is 3.77. The molecule has 0 radical (unpaired) electrons. The molecule has 1 aliphatic rings. The van der Waals surface area contributed by atoms with Gasteiger partial charge < -0.3 is 0 Å². The summed E-state index contributed by atoms with van der Waals surface area (Å²) in [6, 6.07) is 0. The monoisotopic (exact) mass is 216 g/mol. The molecule has 0 bridgehead atoms. The third-order valence-electron chi connectivity index (χ3n) is 2.92. The molecular formula is C12H25FN2. The van der Waals surface area contributed by atoms with Gasteiger partial charge in [-0.3, -0.25) is 9.80 Å². The molecular weight excluding hydrogens is 191 g/mol. The first-order valence-corrected chi connectivity index (χ1v) is 5.85. The highest BCUT2D eigenvalue weighted by molar-refractivity contribution is 4.84. The van der Waals surface area contributed by atoms with Gasteiger partial charge in [-0.25, -0.2) is 4.39 Å². The molecule has 0 unspecified atom stereocenters. The Balaban J connectivity index is 2.37. The van der Waals surface area contributed by atoms with E-state index in [1.807, 2.05) is 0 Å². The first-order valence-electron chi connectivity index (χ1n) is 5.85. The van der Waals surface area contributed by atoms with Crippen LogP contribution in [-0.2, 0) is 0 Å². The van der Waals surface area contributed by atoms with E-state index in [0.717, 1.165) is 26.2 Å². The summed E-state index contributed by atoms with van der Waals surface area (Å²) >= 11 is 0. The second kappa shape index (κ2) is 4.38. The van der Waals surface area contributed by atoms with E-state index in [0.29, 0.717) is 6.54 Å². The molecule has 0 atom stereocenters. The minimum Gasteiger partial charge on any atom is -0.298 e. The standard InChI is InChI=1S/C12H25FN2/c1-11(2,3)15-8-6-14(7-9-15)10-12(4,5)13/h6-10H2,1-5H3. The minimum atomic E-state index is -1.07. The smallest absolute Gasteiger partial charge is 0.118 e. The fourth-order valence-corrected chi connectivity index (χ4v) is 2.11. The molecule has 1 fully saturated rings. The molecule has 0 N–H and O–H groups in total. The molecule has 0 aromatic carbocycles. The molecule has 1 aliphatic heterocycles. The highest BCUT2D eigenvalue weighted by Crippen LogP contribution is 2.18. The fraction of sp³-hybridized carbons (Fsp3) is 1.00. The van der Waals surface area contributed by atoms with E-state index >= 15 is 0 Å². The molecule has 1 saturated heterocycles. The quantitative estimate of drug-likeness (QED) is 0.698. The maximum absolute atomic E-state index is 13.4. The van der Waals surface area contributed by atoms with Crippen molar-refractivity contribution in [2.24, 2.45) is 0 Å². The summed E-state index contributed by atoms with van der Waals surface area (Å²) in [6.45, 7) is 14.7. The first kappa shape index (κ1) is 12.9. The van der Waals surface area contributed by atoms with Crippen LogP contribution in [0.5, 0.6) is 0 Å². The van der Waals surface area contributed by atoms with Crippen LogP contribution in [0.25, 0.3) is 0 Å². The topological polar surface area (TPSA) is 6.48 Å². The summed E-state index contributed by atoms with van der Waals surface area (Å²) in [6.07, 6.45) is 0. The molecule has 0 aromatic heterocycles. The normalized spacial score (nSPS) is 22.0. The van der Waals surface area contributed by atoms with Crippen molar-refractivity contribution in [1.82, 2.24) is 9.80 Å². The van der Waals surface area contributed by atoms with Crippen LogP contribution >= 0.6 is 0 Å². The van der Waals surface area contributed by atoms with Gasteiger partial charge in [0.05, 0.1) is 0 Å². The number of rotatable bonds is 2. The van der Waals surface area contributed by atoms with E-state index in [1.54, 1.807) is 13.8 Å². The number of nitrogens with zero attached hydrogens (tertiary/aromatic N) is 2. The second-order valence-electron chi connectivity index (χ2n) is 6.15. The summed E-state index contributed by atoms with van der Waals surface area (Å²) in [5, 5.41) is 0. The van der Waals surface area contributed by atoms with Crippen molar-refractivity contribution in [3.63, 3.8) is 0 Å². The van der Waals surface area contributed by atoms with E-state index in [2.05, 4.69) is 30.6 Å². The zero-order chi connectivity index (χ0) is 11.7. The number of hydrogen-bond donors (Lipinski definition) is 0. The van der Waals surface area contributed by atoms with Crippen molar-refractivity contribution in [2.75, 3.05) is 32.7 Å². The molecule has 0 saturated carbocycles. The van der Waals surface area contributed by atoms with Crippen LogP contribution in [0.4, 0.5) is 4.39 Å². The molecule has 0 spiro atoms. The SMILES string of the molecule is CC(C)(F)CN1CCN(C(C)(C)C)CC1. The lowest BCUT2D eigenvalue weighted by Gasteiger charge is -2.43. The Hall–Kier alpha value is -0.150. The molecule has 1 heterocycles. The van der Waals surface area contributed by atoms with Gasteiger partial charge in [0.2, 0.25) is 0 Å². The van der Waals surface area contributed by atoms with Gasteiger partial charge in [-0.1, -0.05) is 0 Å². The zero-order valence-corrected chi connectivity index (χ0v) is 10.8. The van der Waals surface area contributed by atoms with Gasteiger partial charge in [-0.15, -0.1) is 0 Å². The maximum Gasteiger partial charge on any atom is 0.118 e. The van der Waals surface area contributed by atoms with Gasteiger partial charge in [-0.2, -0.15) is 0 Å². The third-order valence-corrected chi connectivity index (χ3v) is 2.92. The molecule has 90 valence electrons. The predicted molar refractivity (Wildman–Crippen MR) is 63.0 cm³/mol. The third kappa shape index (κ3) is 4.47. The van der Waals surface area contributed by atoms with Crippen molar-refractivity contribution in [3.05, 3.63) is 0 Å². The van der Waals surface area contributed by atoms with Gasteiger partial charge in [-0.05, 0) is 34.6 Å². The van der Waals surface area contributed by atoms with Crippen molar-refractivity contribution in [1.29, 1.82) is 0 Å². The largest absolute Gasteiger partial charge is 0.298 e. The fourth-order valence-electron chi connectivity index (χ4n) is 2.11. The van der Waals surface area contributed by atoms with Gasteiger partial charge in [0.25, 0.3) is 0 Å². The average molecular weight is 216 g/mol. The average Bonchev–Trinajstić information content (AvgIpc) is 2.00. The van der Waals surface area contributed by atoms with Gasteiger partial charge in [0.15, 0.2) is 0 Å². The van der Waals surface area contributed by atoms with Crippen LogP contribution in [0.2, 0.25) is 0 Å². The number of alkyl halides is 1. The first-order chi connectivity index (χ1) is 6.68. The van der Waals surface area contributed by atoms with Crippen LogP contribution in [0.1, 0.15) is 34.6 Å². The van der Waals surface area contributed by atoms with Crippen molar-refractivity contribution >= 4 is 0 Å². The predicted octanol–water partition coefficient (Wildman–Crippen LogP) is 2.15. The van der Waals surface area contributed by atoms with Gasteiger partial charge in [0.1, 0.15) is 5.67 Å². The van der Waals surface area contributed by atoms with Gasteiger partial charge in [0, 0.05) is 38.3 Å². The minimum absolute atomic E-state index is 0.247. The van der Waals surface area contributed by atoms with Crippen LogP contribution in [0, 0.1) is 0 Å². The second-order valence-corrected chi connectivity index (χ2v) is 6.15. The molecule has 2 nitrogen and oxygen atoms in total. The van der Waals surface area contributed by atoms with E-state index in [1.165, 1.54) is 0 Å². The molecule has 0 aromatic rings. The van der Waals surface area contributed by atoms with Crippen LogP contribution in [0.3, 0.4) is 0 Å². The lowest BCUT2D eigenvalue weighted by atomic mass is 10.0. The van der Waals surface area contributed by atoms with Gasteiger partial charge >= 0.3 is 0 Å². The Labute approximate surface area is 93.4 Å². The van der Waals surface area contributed by atoms with Crippen molar-refractivity contribution < 1.29 is 4.39 Å². The highest BCUT2D eigenvalue weighted by Gasteiger charge is 2.28.